The largest absolute Gasteiger partial charge is 0.491 e. The second kappa shape index (κ2) is 8.81. The number of aromatic nitrogens is 1. The summed E-state index contributed by atoms with van der Waals surface area (Å²) in [6.45, 7) is 0.927. The standard InChI is InChI=1S/C24H24F6N2O2/c1-23(2,27)12-32-19(24(28,29)30)11-15-14-5-3-4-6-18(14)31-21(15)22(32)20-16(25)9-13(10-17(20)26)34-8-7-33/h3-6,9-10,19,22,31,33H,7-8,11-12H2,1-2H3. The Morgan fingerprint density at radius 1 is 1.09 bits per heavy atom. The van der Waals surface area contributed by atoms with Crippen LogP contribution in [-0.4, -0.2) is 52.6 Å². The zero-order chi connectivity index (χ0) is 24.8. The predicted molar refractivity (Wildman–Crippen MR) is 115 cm³/mol. The lowest BCUT2D eigenvalue weighted by atomic mass is 9.86. The van der Waals surface area contributed by atoms with Gasteiger partial charge in [0.25, 0.3) is 0 Å². The smallest absolute Gasteiger partial charge is 0.404 e. The molecule has 0 spiro atoms. The molecule has 1 aliphatic heterocycles. The minimum Gasteiger partial charge on any atom is -0.491 e. The molecule has 1 aliphatic rings. The van der Waals surface area contributed by atoms with Gasteiger partial charge in [0.05, 0.1) is 12.6 Å². The summed E-state index contributed by atoms with van der Waals surface area (Å²) in [5.41, 5.74) is -1.73. The third kappa shape index (κ3) is 4.61. The molecule has 0 amide bonds. The third-order valence-corrected chi connectivity index (χ3v) is 5.87. The number of aliphatic hydroxyl groups is 1. The average molecular weight is 486 g/mol. The van der Waals surface area contributed by atoms with Crippen LogP contribution in [0.15, 0.2) is 36.4 Å². The maximum atomic E-state index is 15.3. The number of hydrogen-bond acceptors (Lipinski definition) is 3. The van der Waals surface area contributed by atoms with E-state index in [1.807, 2.05) is 0 Å². The molecule has 4 nitrogen and oxygen atoms in total. The number of aliphatic hydroxyl groups excluding tert-OH is 1. The van der Waals surface area contributed by atoms with Crippen molar-refractivity contribution in [3.05, 3.63) is 64.9 Å². The van der Waals surface area contributed by atoms with Gasteiger partial charge in [-0.2, -0.15) is 13.2 Å². The second-order valence-electron chi connectivity index (χ2n) is 8.99. The maximum absolute atomic E-state index is 15.3. The molecule has 2 heterocycles. The van der Waals surface area contributed by atoms with Crippen molar-refractivity contribution in [3.8, 4) is 5.75 Å². The molecule has 34 heavy (non-hydrogen) atoms. The number of halogens is 6. The average Bonchev–Trinajstić information content (AvgIpc) is 3.09. The summed E-state index contributed by atoms with van der Waals surface area (Å²) in [4.78, 5) is 3.81. The Kier molecular flexibility index (Phi) is 6.32. The number of alkyl halides is 4. The molecule has 0 saturated carbocycles. The van der Waals surface area contributed by atoms with Crippen molar-refractivity contribution in [2.24, 2.45) is 0 Å². The van der Waals surface area contributed by atoms with Gasteiger partial charge in [-0.25, -0.2) is 13.2 Å². The molecule has 2 atom stereocenters. The quantitative estimate of drug-likeness (QED) is 0.456. The molecule has 0 fully saturated rings. The summed E-state index contributed by atoms with van der Waals surface area (Å²) in [5, 5.41) is 9.40. The van der Waals surface area contributed by atoms with Gasteiger partial charge in [-0.05, 0) is 31.9 Å². The van der Waals surface area contributed by atoms with Gasteiger partial charge < -0.3 is 14.8 Å². The van der Waals surface area contributed by atoms with E-state index >= 15 is 8.78 Å². The maximum Gasteiger partial charge on any atom is 0.404 e. The molecular formula is C24H24F6N2O2. The van der Waals surface area contributed by atoms with Crippen molar-refractivity contribution >= 4 is 10.9 Å². The summed E-state index contributed by atoms with van der Waals surface area (Å²) < 4.78 is 93.2. The first-order valence-corrected chi connectivity index (χ1v) is 10.7. The Morgan fingerprint density at radius 2 is 1.74 bits per heavy atom. The summed E-state index contributed by atoms with van der Waals surface area (Å²) in [7, 11) is 0. The first kappa shape index (κ1) is 24.4. The number of hydrogen-bond donors (Lipinski definition) is 2. The highest BCUT2D eigenvalue weighted by Gasteiger charge is 2.52. The Morgan fingerprint density at radius 3 is 2.32 bits per heavy atom. The summed E-state index contributed by atoms with van der Waals surface area (Å²) in [5.74, 6) is -2.48. The van der Waals surface area contributed by atoms with Gasteiger partial charge >= 0.3 is 6.18 Å². The van der Waals surface area contributed by atoms with Gasteiger partial charge in [-0.15, -0.1) is 0 Å². The molecule has 2 unspecified atom stereocenters. The van der Waals surface area contributed by atoms with Crippen molar-refractivity contribution in [2.45, 2.75) is 44.2 Å². The minimum absolute atomic E-state index is 0.188. The first-order chi connectivity index (χ1) is 15.9. The van der Waals surface area contributed by atoms with Crippen molar-refractivity contribution in [1.29, 1.82) is 0 Å². The van der Waals surface area contributed by atoms with Crippen LogP contribution in [0, 0.1) is 11.6 Å². The first-order valence-electron chi connectivity index (χ1n) is 10.7. The van der Waals surface area contributed by atoms with Crippen LogP contribution in [0.3, 0.4) is 0 Å². The fraction of sp³-hybridized carbons (Fsp3) is 0.417. The van der Waals surface area contributed by atoms with Gasteiger partial charge in [0.1, 0.15) is 35.7 Å². The van der Waals surface area contributed by atoms with Crippen LogP contribution in [0.2, 0.25) is 0 Å². The highest BCUT2D eigenvalue weighted by Crippen LogP contribution is 2.47. The minimum atomic E-state index is -4.78. The fourth-order valence-electron chi connectivity index (χ4n) is 4.65. The lowest BCUT2D eigenvalue weighted by Crippen LogP contribution is -2.55. The summed E-state index contributed by atoms with van der Waals surface area (Å²) in [6, 6.07) is 4.64. The predicted octanol–water partition coefficient (Wildman–Crippen LogP) is 5.44. The van der Waals surface area contributed by atoms with Crippen LogP contribution in [0.5, 0.6) is 5.75 Å². The molecule has 4 rings (SSSR count). The lowest BCUT2D eigenvalue weighted by Gasteiger charge is -2.44. The molecular weight excluding hydrogens is 462 g/mol. The van der Waals surface area contributed by atoms with E-state index in [1.54, 1.807) is 24.3 Å². The highest BCUT2D eigenvalue weighted by molar-refractivity contribution is 5.85. The molecule has 0 saturated heterocycles. The van der Waals surface area contributed by atoms with Crippen molar-refractivity contribution in [3.63, 3.8) is 0 Å². The molecule has 2 aromatic carbocycles. The number of H-pyrrole nitrogens is 1. The number of nitrogens with zero attached hydrogens (tertiary/aromatic N) is 1. The van der Waals surface area contributed by atoms with E-state index in [2.05, 4.69) is 4.98 Å². The van der Waals surface area contributed by atoms with Crippen molar-refractivity contribution < 1.29 is 36.2 Å². The molecule has 0 radical (unpaired) electrons. The second-order valence-corrected chi connectivity index (χ2v) is 8.99. The van der Waals surface area contributed by atoms with E-state index < -0.39 is 60.7 Å². The van der Waals surface area contributed by atoms with Gasteiger partial charge in [0, 0.05) is 40.8 Å². The Balaban J connectivity index is 1.97. The SMILES string of the molecule is CC(C)(F)CN1C(c2c(F)cc(OCCO)cc2F)c2[nH]c3ccccc3c2CC1C(F)(F)F. The number of aromatic amines is 1. The lowest BCUT2D eigenvalue weighted by molar-refractivity contribution is -0.195. The normalized spacial score (nSPS) is 19.4. The van der Waals surface area contributed by atoms with E-state index in [-0.39, 0.29) is 23.6 Å². The zero-order valence-corrected chi connectivity index (χ0v) is 18.5. The van der Waals surface area contributed by atoms with Crippen LogP contribution < -0.4 is 4.74 Å². The van der Waals surface area contributed by atoms with Crippen LogP contribution in [0.4, 0.5) is 26.3 Å². The van der Waals surface area contributed by atoms with E-state index in [0.29, 0.717) is 10.9 Å². The van der Waals surface area contributed by atoms with E-state index in [1.165, 1.54) is 0 Å². The van der Waals surface area contributed by atoms with Crippen LogP contribution in [0.25, 0.3) is 10.9 Å². The van der Waals surface area contributed by atoms with Crippen molar-refractivity contribution in [2.75, 3.05) is 19.8 Å². The Bertz CT molecular complexity index is 1160. The van der Waals surface area contributed by atoms with Crippen LogP contribution in [-0.2, 0) is 6.42 Å². The molecule has 0 aliphatic carbocycles. The number of rotatable bonds is 6. The Hall–Kier alpha value is -2.72. The number of para-hydroxylation sites is 1. The van der Waals surface area contributed by atoms with Gasteiger partial charge in [-0.3, -0.25) is 4.90 Å². The summed E-state index contributed by atoms with van der Waals surface area (Å²) in [6.07, 6.45) is -5.27. The van der Waals surface area contributed by atoms with Gasteiger partial charge in [0.2, 0.25) is 0 Å². The fourth-order valence-corrected chi connectivity index (χ4v) is 4.65. The number of ether oxygens (including phenoxy) is 1. The monoisotopic (exact) mass is 486 g/mol. The molecule has 2 N–H and O–H groups in total. The van der Waals surface area contributed by atoms with E-state index in [4.69, 9.17) is 9.84 Å². The zero-order valence-electron chi connectivity index (χ0n) is 18.5. The highest BCUT2D eigenvalue weighted by atomic mass is 19.4. The van der Waals surface area contributed by atoms with Crippen molar-refractivity contribution in [1.82, 2.24) is 9.88 Å². The Labute approximate surface area is 192 Å². The van der Waals surface area contributed by atoms with Crippen LogP contribution >= 0.6 is 0 Å². The number of nitrogens with one attached hydrogen (secondary N) is 1. The summed E-state index contributed by atoms with van der Waals surface area (Å²) >= 11 is 0. The van der Waals surface area contributed by atoms with Crippen LogP contribution in [0.1, 0.15) is 36.7 Å². The van der Waals surface area contributed by atoms with Gasteiger partial charge in [0.15, 0.2) is 0 Å². The van der Waals surface area contributed by atoms with E-state index in [9.17, 15) is 17.6 Å². The molecule has 184 valence electrons. The molecule has 1 aromatic heterocycles. The number of benzene rings is 2. The topological polar surface area (TPSA) is 48.5 Å². The van der Waals surface area contributed by atoms with E-state index in [0.717, 1.165) is 30.9 Å². The molecule has 3 aromatic rings. The number of fused-ring (bicyclic) bond motifs is 3. The van der Waals surface area contributed by atoms with Gasteiger partial charge in [-0.1, -0.05) is 18.2 Å². The molecule has 10 heteroatoms. The molecule has 0 bridgehead atoms. The third-order valence-electron chi connectivity index (χ3n) is 5.87.